The van der Waals surface area contributed by atoms with Gasteiger partial charge >= 0.3 is 0 Å². The molecule has 82 valence electrons. The number of carbonyl (C=O) groups is 1. The normalized spacial score (nSPS) is 18.4. The minimum Gasteiger partial charge on any atom is -0.300 e. The van der Waals surface area contributed by atoms with Crippen LogP contribution in [0.25, 0.3) is 0 Å². The molecule has 1 fully saturated rings. The van der Waals surface area contributed by atoms with Crippen LogP contribution in [0.5, 0.6) is 0 Å². The first-order valence-corrected chi connectivity index (χ1v) is 6.32. The second-order valence-electron chi connectivity index (χ2n) is 4.26. The Morgan fingerprint density at radius 2 is 2.00 bits per heavy atom. The molecule has 1 saturated heterocycles. The predicted molar refractivity (Wildman–Crippen MR) is 63.3 cm³/mol. The number of rotatable bonds is 2. The van der Waals surface area contributed by atoms with E-state index in [9.17, 15) is 4.79 Å². The number of Topliss-reactive ketones (excluding diaryl/α,β-unsaturated/α-hetero) is 1. The Labute approximate surface area is 94.9 Å². The summed E-state index contributed by atoms with van der Waals surface area (Å²) in [6.07, 6.45) is 1.48. The maximum absolute atomic E-state index is 11.1. The van der Waals surface area contributed by atoms with E-state index in [1.807, 2.05) is 11.3 Å². The zero-order valence-electron chi connectivity index (χ0n) is 9.38. The maximum atomic E-state index is 11.1. The van der Waals surface area contributed by atoms with Gasteiger partial charge in [-0.15, -0.1) is 11.3 Å². The van der Waals surface area contributed by atoms with Gasteiger partial charge in [0.2, 0.25) is 0 Å². The predicted octanol–water partition coefficient (Wildman–Crippen LogP) is 2.53. The van der Waals surface area contributed by atoms with E-state index < -0.39 is 0 Å². The van der Waals surface area contributed by atoms with Crippen molar-refractivity contribution in [3.63, 3.8) is 0 Å². The summed E-state index contributed by atoms with van der Waals surface area (Å²) in [5.74, 6) is 0.421. The van der Waals surface area contributed by atoms with Crippen molar-refractivity contribution in [2.24, 2.45) is 0 Å². The largest absolute Gasteiger partial charge is 0.300 e. The average Bonchev–Trinajstić information content (AvgIpc) is 2.53. The van der Waals surface area contributed by atoms with Crippen LogP contribution in [0, 0.1) is 13.8 Å². The number of likely N-dealkylation sites (tertiary alicyclic amines) is 1. The quantitative estimate of drug-likeness (QED) is 0.768. The molecule has 1 aromatic rings. The van der Waals surface area contributed by atoms with Gasteiger partial charge in [0.25, 0.3) is 0 Å². The topological polar surface area (TPSA) is 20.3 Å². The zero-order valence-corrected chi connectivity index (χ0v) is 10.2. The molecule has 3 heteroatoms. The number of carbonyl (C=O) groups excluding carboxylic acids is 1. The SMILES string of the molecule is Cc1scc(CN2CCC(=O)CC2)c1C. The van der Waals surface area contributed by atoms with Crippen LogP contribution in [-0.4, -0.2) is 23.8 Å². The van der Waals surface area contributed by atoms with E-state index >= 15 is 0 Å². The van der Waals surface area contributed by atoms with Crippen molar-refractivity contribution >= 4 is 17.1 Å². The number of thiophene rings is 1. The lowest BCUT2D eigenvalue weighted by molar-refractivity contribution is -0.121. The van der Waals surface area contributed by atoms with Crippen LogP contribution in [0.1, 0.15) is 28.8 Å². The van der Waals surface area contributed by atoms with Crippen molar-refractivity contribution in [2.45, 2.75) is 33.2 Å². The Morgan fingerprint density at radius 3 is 2.53 bits per heavy atom. The van der Waals surface area contributed by atoms with Crippen LogP contribution in [0.3, 0.4) is 0 Å². The van der Waals surface area contributed by atoms with Crippen LogP contribution < -0.4 is 0 Å². The van der Waals surface area contributed by atoms with Gasteiger partial charge in [0.05, 0.1) is 0 Å². The van der Waals surface area contributed by atoms with Gasteiger partial charge in [-0.25, -0.2) is 0 Å². The molecule has 2 heterocycles. The molecule has 2 rings (SSSR count). The van der Waals surface area contributed by atoms with Crippen molar-refractivity contribution in [2.75, 3.05) is 13.1 Å². The molecule has 0 bridgehead atoms. The van der Waals surface area contributed by atoms with Gasteiger partial charge in [-0.05, 0) is 30.4 Å². The number of hydrogen-bond acceptors (Lipinski definition) is 3. The Hall–Kier alpha value is -0.670. The molecule has 0 atom stereocenters. The Bertz CT molecular complexity index is 360. The molecule has 1 aliphatic rings. The molecule has 0 spiro atoms. The number of nitrogens with zero attached hydrogens (tertiary/aromatic N) is 1. The van der Waals surface area contributed by atoms with Gasteiger partial charge in [0, 0.05) is 37.4 Å². The molecular weight excluding hydrogens is 206 g/mol. The van der Waals surface area contributed by atoms with Crippen LogP contribution in [0.15, 0.2) is 5.38 Å². The minimum atomic E-state index is 0.421. The standard InChI is InChI=1S/C12H17NOS/c1-9-10(2)15-8-11(9)7-13-5-3-12(14)4-6-13/h8H,3-7H2,1-2H3. The van der Waals surface area contributed by atoms with Crippen LogP contribution in [-0.2, 0) is 11.3 Å². The third-order valence-corrected chi connectivity index (χ3v) is 4.26. The van der Waals surface area contributed by atoms with Gasteiger partial charge in [0.15, 0.2) is 0 Å². The van der Waals surface area contributed by atoms with E-state index in [-0.39, 0.29) is 0 Å². The smallest absolute Gasteiger partial charge is 0.135 e. The molecule has 0 aromatic carbocycles. The zero-order chi connectivity index (χ0) is 10.8. The Kier molecular flexibility index (Phi) is 3.22. The first-order valence-electron chi connectivity index (χ1n) is 5.44. The molecular formula is C12H17NOS. The van der Waals surface area contributed by atoms with E-state index in [2.05, 4.69) is 24.1 Å². The average molecular weight is 223 g/mol. The fourth-order valence-electron chi connectivity index (χ4n) is 1.92. The molecule has 1 aromatic heterocycles. The maximum Gasteiger partial charge on any atom is 0.135 e. The molecule has 0 radical (unpaired) electrons. The Morgan fingerprint density at radius 1 is 1.33 bits per heavy atom. The van der Waals surface area contributed by atoms with E-state index in [0.29, 0.717) is 5.78 Å². The monoisotopic (exact) mass is 223 g/mol. The highest BCUT2D eigenvalue weighted by molar-refractivity contribution is 7.10. The van der Waals surface area contributed by atoms with Crippen LogP contribution in [0.2, 0.25) is 0 Å². The van der Waals surface area contributed by atoms with Gasteiger partial charge in [-0.1, -0.05) is 0 Å². The Balaban J connectivity index is 1.97. The molecule has 0 saturated carbocycles. The number of ketones is 1. The molecule has 15 heavy (non-hydrogen) atoms. The lowest BCUT2D eigenvalue weighted by atomic mass is 10.1. The lowest BCUT2D eigenvalue weighted by Crippen LogP contribution is -2.33. The van der Waals surface area contributed by atoms with E-state index in [4.69, 9.17) is 0 Å². The van der Waals surface area contributed by atoms with Crippen molar-refractivity contribution in [1.29, 1.82) is 0 Å². The highest BCUT2D eigenvalue weighted by Crippen LogP contribution is 2.22. The summed E-state index contributed by atoms with van der Waals surface area (Å²) in [4.78, 5) is 14.9. The minimum absolute atomic E-state index is 0.421. The molecule has 1 aliphatic heterocycles. The van der Waals surface area contributed by atoms with Crippen molar-refractivity contribution in [3.05, 3.63) is 21.4 Å². The van der Waals surface area contributed by atoms with Gasteiger partial charge in [-0.3, -0.25) is 9.69 Å². The highest BCUT2D eigenvalue weighted by Gasteiger charge is 2.17. The fraction of sp³-hybridized carbons (Fsp3) is 0.583. The second kappa shape index (κ2) is 4.45. The van der Waals surface area contributed by atoms with Gasteiger partial charge in [0.1, 0.15) is 5.78 Å². The highest BCUT2D eigenvalue weighted by atomic mass is 32.1. The summed E-state index contributed by atoms with van der Waals surface area (Å²) < 4.78 is 0. The molecule has 0 unspecified atom stereocenters. The summed E-state index contributed by atoms with van der Waals surface area (Å²) >= 11 is 1.83. The van der Waals surface area contributed by atoms with E-state index in [1.165, 1.54) is 16.0 Å². The number of piperidine rings is 1. The van der Waals surface area contributed by atoms with Gasteiger partial charge in [-0.2, -0.15) is 0 Å². The number of hydrogen-bond donors (Lipinski definition) is 0. The van der Waals surface area contributed by atoms with Crippen LogP contribution >= 0.6 is 11.3 Å². The molecule has 0 N–H and O–H groups in total. The summed E-state index contributed by atoms with van der Waals surface area (Å²) in [6.45, 7) is 7.25. The molecule has 0 amide bonds. The van der Waals surface area contributed by atoms with E-state index in [0.717, 1.165) is 32.5 Å². The first kappa shape index (κ1) is 10.8. The van der Waals surface area contributed by atoms with Crippen molar-refractivity contribution < 1.29 is 4.79 Å². The first-order chi connectivity index (χ1) is 7.16. The third kappa shape index (κ3) is 2.47. The number of aryl methyl sites for hydroxylation is 1. The summed E-state index contributed by atoms with van der Waals surface area (Å²) in [5, 5.41) is 2.25. The lowest BCUT2D eigenvalue weighted by Gasteiger charge is -2.25. The summed E-state index contributed by atoms with van der Waals surface area (Å²) in [5.41, 5.74) is 2.86. The van der Waals surface area contributed by atoms with Gasteiger partial charge < -0.3 is 0 Å². The molecule has 2 nitrogen and oxygen atoms in total. The van der Waals surface area contributed by atoms with Crippen LogP contribution in [0.4, 0.5) is 0 Å². The van der Waals surface area contributed by atoms with E-state index in [1.54, 1.807) is 0 Å². The van der Waals surface area contributed by atoms with Crippen molar-refractivity contribution in [3.8, 4) is 0 Å². The fourth-order valence-corrected chi connectivity index (χ4v) is 2.80. The van der Waals surface area contributed by atoms with Crippen molar-refractivity contribution in [1.82, 2.24) is 4.90 Å². The molecule has 0 aliphatic carbocycles. The second-order valence-corrected chi connectivity index (χ2v) is 5.34. The summed E-state index contributed by atoms with van der Waals surface area (Å²) in [7, 11) is 0. The summed E-state index contributed by atoms with van der Waals surface area (Å²) in [6, 6.07) is 0. The third-order valence-electron chi connectivity index (χ3n) is 3.20.